The van der Waals surface area contributed by atoms with Gasteiger partial charge in [-0.1, -0.05) is 37.3 Å². The summed E-state index contributed by atoms with van der Waals surface area (Å²) in [6.45, 7) is 2.32. The average molecular weight is 393 g/mol. The number of benzene rings is 1. The molecule has 0 aliphatic heterocycles. The average Bonchev–Trinajstić information content (AvgIpc) is 2.95. The maximum Gasteiger partial charge on any atom is 0.143 e. The first-order chi connectivity index (χ1) is 10.2. The van der Waals surface area contributed by atoms with Gasteiger partial charge < -0.3 is 5.32 Å². The molecular weight excluding hydrogens is 373 g/mol. The zero-order valence-electron chi connectivity index (χ0n) is 12.4. The molecule has 1 N–H and O–H groups in total. The van der Waals surface area contributed by atoms with Gasteiger partial charge >= 0.3 is 0 Å². The van der Waals surface area contributed by atoms with Gasteiger partial charge in [0, 0.05) is 18.5 Å². The Morgan fingerprint density at radius 3 is 2.52 bits per heavy atom. The van der Waals surface area contributed by atoms with Crippen LogP contribution in [0.4, 0.5) is 5.82 Å². The van der Waals surface area contributed by atoms with E-state index in [1.54, 1.807) is 0 Å². The lowest BCUT2D eigenvalue weighted by Crippen LogP contribution is -2.08. The van der Waals surface area contributed by atoms with E-state index in [1.807, 2.05) is 13.1 Å². The molecule has 3 rings (SSSR count). The molecule has 1 fully saturated rings. The van der Waals surface area contributed by atoms with Crippen LogP contribution in [0, 0.1) is 9.49 Å². The van der Waals surface area contributed by atoms with Crippen LogP contribution in [0.2, 0.25) is 0 Å². The highest BCUT2D eigenvalue weighted by Crippen LogP contribution is 2.38. The van der Waals surface area contributed by atoms with Gasteiger partial charge in [-0.3, -0.25) is 0 Å². The second-order valence-corrected chi connectivity index (χ2v) is 6.90. The Labute approximate surface area is 139 Å². The van der Waals surface area contributed by atoms with E-state index in [-0.39, 0.29) is 0 Å². The molecule has 4 heteroatoms. The van der Waals surface area contributed by atoms with Crippen molar-refractivity contribution >= 4 is 28.4 Å². The Morgan fingerprint density at radius 1 is 1.14 bits per heavy atom. The highest BCUT2D eigenvalue weighted by molar-refractivity contribution is 14.1. The minimum atomic E-state index is 0.506. The van der Waals surface area contributed by atoms with E-state index in [2.05, 4.69) is 59.1 Å². The van der Waals surface area contributed by atoms with Crippen molar-refractivity contribution in [3.05, 3.63) is 39.7 Å². The van der Waals surface area contributed by atoms with Gasteiger partial charge in [0.2, 0.25) is 0 Å². The number of rotatable bonds is 3. The van der Waals surface area contributed by atoms with E-state index in [1.165, 1.54) is 19.3 Å². The van der Waals surface area contributed by atoms with Gasteiger partial charge in [-0.05, 0) is 47.8 Å². The lowest BCUT2D eigenvalue weighted by Gasteiger charge is -2.15. The summed E-state index contributed by atoms with van der Waals surface area (Å²) in [5.41, 5.74) is 2.21. The van der Waals surface area contributed by atoms with Gasteiger partial charge in [0.05, 0.1) is 9.26 Å². The number of halogens is 1. The van der Waals surface area contributed by atoms with Crippen LogP contribution in [-0.4, -0.2) is 17.0 Å². The summed E-state index contributed by atoms with van der Waals surface area (Å²) in [5.74, 6) is 3.24. The van der Waals surface area contributed by atoms with Crippen molar-refractivity contribution in [2.24, 2.45) is 5.92 Å². The largest absolute Gasteiger partial charge is 0.372 e. The number of nitrogens with one attached hydrogen (secondary N) is 1. The minimum Gasteiger partial charge on any atom is -0.372 e. The fourth-order valence-electron chi connectivity index (χ4n) is 3.04. The SMILES string of the molecule is CNc1nc(C2CCC(C)C2)nc(-c2ccccc2)c1I. The second-order valence-electron chi connectivity index (χ2n) is 5.82. The Bertz CT molecular complexity index is 627. The second kappa shape index (κ2) is 6.30. The smallest absolute Gasteiger partial charge is 0.143 e. The van der Waals surface area contributed by atoms with Gasteiger partial charge in [0.1, 0.15) is 11.6 Å². The summed E-state index contributed by atoms with van der Waals surface area (Å²) in [5, 5.41) is 3.22. The van der Waals surface area contributed by atoms with Crippen LogP contribution in [0.5, 0.6) is 0 Å². The first-order valence-corrected chi connectivity index (χ1v) is 8.57. The fourth-order valence-corrected chi connectivity index (χ4v) is 3.86. The molecule has 1 saturated carbocycles. The first kappa shape index (κ1) is 14.8. The maximum absolute atomic E-state index is 4.91. The quantitative estimate of drug-likeness (QED) is 0.769. The molecule has 0 bridgehead atoms. The highest BCUT2D eigenvalue weighted by Gasteiger charge is 2.26. The molecule has 0 spiro atoms. The third-order valence-corrected chi connectivity index (χ3v) is 5.23. The molecule has 0 amide bonds. The van der Waals surface area contributed by atoms with E-state index < -0.39 is 0 Å². The van der Waals surface area contributed by atoms with Crippen molar-refractivity contribution in [3.63, 3.8) is 0 Å². The van der Waals surface area contributed by atoms with Gasteiger partial charge in [0.25, 0.3) is 0 Å². The Morgan fingerprint density at radius 2 is 1.90 bits per heavy atom. The predicted molar refractivity (Wildman–Crippen MR) is 95.5 cm³/mol. The normalized spacial score (nSPS) is 21.5. The van der Waals surface area contributed by atoms with Crippen LogP contribution in [0.25, 0.3) is 11.3 Å². The molecule has 0 saturated heterocycles. The third-order valence-electron chi connectivity index (χ3n) is 4.21. The van der Waals surface area contributed by atoms with E-state index in [9.17, 15) is 0 Å². The molecule has 21 heavy (non-hydrogen) atoms. The van der Waals surface area contributed by atoms with E-state index in [4.69, 9.17) is 9.97 Å². The zero-order valence-corrected chi connectivity index (χ0v) is 14.6. The van der Waals surface area contributed by atoms with E-state index in [0.717, 1.165) is 32.4 Å². The van der Waals surface area contributed by atoms with Crippen LogP contribution in [0.15, 0.2) is 30.3 Å². The lowest BCUT2D eigenvalue weighted by atomic mass is 10.0. The van der Waals surface area contributed by atoms with Crippen LogP contribution < -0.4 is 5.32 Å². The first-order valence-electron chi connectivity index (χ1n) is 7.49. The topological polar surface area (TPSA) is 37.8 Å². The van der Waals surface area contributed by atoms with Crippen molar-refractivity contribution in [2.75, 3.05) is 12.4 Å². The van der Waals surface area contributed by atoms with E-state index >= 15 is 0 Å². The Balaban J connectivity index is 2.07. The maximum atomic E-state index is 4.91. The van der Waals surface area contributed by atoms with Crippen LogP contribution >= 0.6 is 22.6 Å². The van der Waals surface area contributed by atoms with Crippen LogP contribution in [0.1, 0.15) is 37.9 Å². The number of nitrogens with zero attached hydrogens (tertiary/aromatic N) is 2. The van der Waals surface area contributed by atoms with E-state index in [0.29, 0.717) is 5.92 Å². The van der Waals surface area contributed by atoms with Crippen molar-refractivity contribution in [2.45, 2.75) is 32.1 Å². The number of hydrogen-bond acceptors (Lipinski definition) is 3. The summed E-state index contributed by atoms with van der Waals surface area (Å²) in [6, 6.07) is 10.4. The number of anilines is 1. The predicted octanol–water partition coefficient (Wildman–Crippen LogP) is 4.69. The molecular formula is C17H20IN3. The summed E-state index contributed by atoms with van der Waals surface area (Å²) in [7, 11) is 1.93. The molecule has 1 aromatic carbocycles. The molecule has 1 aliphatic carbocycles. The zero-order chi connectivity index (χ0) is 14.8. The molecule has 0 radical (unpaired) electrons. The molecule has 1 aromatic heterocycles. The molecule has 3 nitrogen and oxygen atoms in total. The summed E-state index contributed by atoms with van der Waals surface area (Å²) in [4.78, 5) is 9.67. The molecule has 2 unspecified atom stereocenters. The van der Waals surface area contributed by atoms with Gasteiger partial charge in [-0.25, -0.2) is 9.97 Å². The number of hydrogen-bond donors (Lipinski definition) is 1. The molecule has 110 valence electrons. The van der Waals surface area contributed by atoms with Crippen molar-refractivity contribution in [1.82, 2.24) is 9.97 Å². The Hall–Kier alpha value is -1.17. The lowest BCUT2D eigenvalue weighted by molar-refractivity contribution is 0.585. The highest BCUT2D eigenvalue weighted by atomic mass is 127. The number of aromatic nitrogens is 2. The monoisotopic (exact) mass is 393 g/mol. The standard InChI is InChI=1S/C17H20IN3/c1-11-8-9-13(10-11)16-20-15(12-6-4-3-5-7-12)14(18)17(19-2)21-16/h3-7,11,13H,8-10H2,1-2H3,(H,19,20,21). The molecule has 2 aromatic rings. The third kappa shape index (κ3) is 3.05. The minimum absolute atomic E-state index is 0.506. The van der Waals surface area contributed by atoms with Crippen molar-refractivity contribution in [3.8, 4) is 11.3 Å². The van der Waals surface area contributed by atoms with Crippen LogP contribution in [0.3, 0.4) is 0 Å². The summed E-state index contributed by atoms with van der Waals surface area (Å²) < 4.78 is 1.09. The van der Waals surface area contributed by atoms with Crippen molar-refractivity contribution < 1.29 is 0 Å². The fraction of sp³-hybridized carbons (Fsp3) is 0.412. The summed E-state index contributed by atoms with van der Waals surface area (Å²) in [6.07, 6.45) is 3.70. The van der Waals surface area contributed by atoms with Crippen LogP contribution in [-0.2, 0) is 0 Å². The van der Waals surface area contributed by atoms with Crippen molar-refractivity contribution in [1.29, 1.82) is 0 Å². The summed E-state index contributed by atoms with van der Waals surface area (Å²) >= 11 is 2.34. The molecule has 2 atom stereocenters. The van der Waals surface area contributed by atoms with Gasteiger partial charge in [-0.15, -0.1) is 0 Å². The Kier molecular flexibility index (Phi) is 4.42. The van der Waals surface area contributed by atoms with Gasteiger partial charge in [-0.2, -0.15) is 0 Å². The van der Waals surface area contributed by atoms with Gasteiger partial charge in [0.15, 0.2) is 0 Å². The molecule has 1 heterocycles. The molecule has 1 aliphatic rings.